The van der Waals surface area contributed by atoms with E-state index in [4.69, 9.17) is 0 Å². The van der Waals surface area contributed by atoms with Crippen molar-refractivity contribution in [2.45, 2.75) is 13.8 Å². The summed E-state index contributed by atoms with van der Waals surface area (Å²) in [5.41, 5.74) is 6.33. The van der Waals surface area contributed by atoms with Crippen molar-refractivity contribution < 1.29 is 4.57 Å². The van der Waals surface area contributed by atoms with Gasteiger partial charge in [0.1, 0.15) is 11.0 Å². The molecular formula is C18H17N2+. The Kier molecular flexibility index (Phi) is 2.19. The zero-order chi connectivity index (χ0) is 13.9. The highest BCUT2D eigenvalue weighted by Crippen LogP contribution is 2.30. The summed E-state index contributed by atoms with van der Waals surface area (Å²) in [7, 11) is 2.13. The van der Waals surface area contributed by atoms with Crippen molar-refractivity contribution in [1.82, 2.24) is 4.98 Å². The number of pyridine rings is 1. The molecule has 0 aliphatic carbocycles. The summed E-state index contributed by atoms with van der Waals surface area (Å²) in [6.45, 7) is 4.38. The van der Waals surface area contributed by atoms with Crippen LogP contribution in [0.1, 0.15) is 11.1 Å². The molecule has 0 bridgehead atoms. The second-order valence-electron chi connectivity index (χ2n) is 5.60. The molecule has 1 N–H and O–H groups in total. The molecule has 2 nitrogen and oxygen atoms in total. The minimum absolute atomic E-state index is 1.19. The number of hydrogen-bond donors (Lipinski definition) is 1. The van der Waals surface area contributed by atoms with Gasteiger partial charge < -0.3 is 0 Å². The number of H-pyrrole nitrogens is 1. The maximum Gasteiger partial charge on any atom is 0.288 e. The van der Waals surface area contributed by atoms with Crippen molar-refractivity contribution >= 4 is 32.8 Å². The number of nitrogens with zero attached hydrogens (tertiary/aromatic N) is 1. The van der Waals surface area contributed by atoms with E-state index in [1.54, 1.807) is 0 Å². The number of nitrogens with one attached hydrogen (secondary N) is 1. The molecule has 2 heterocycles. The van der Waals surface area contributed by atoms with Crippen LogP contribution in [0, 0.1) is 13.8 Å². The Morgan fingerprint density at radius 2 is 1.75 bits per heavy atom. The molecule has 0 amide bonds. The predicted octanol–water partition coefficient (Wildman–Crippen LogP) is 3.92. The average Bonchev–Trinajstić information content (AvgIpc) is 2.84. The number of para-hydroxylation sites is 1. The second kappa shape index (κ2) is 3.83. The van der Waals surface area contributed by atoms with E-state index in [2.05, 4.69) is 72.9 Å². The van der Waals surface area contributed by atoms with E-state index in [1.807, 2.05) is 0 Å². The van der Waals surface area contributed by atoms with Gasteiger partial charge >= 0.3 is 0 Å². The second-order valence-corrected chi connectivity index (χ2v) is 5.60. The third-order valence-electron chi connectivity index (χ3n) is 4.31. The van der Waals surface area contributed by atoms with Crippen molar-refractivity contribution in [3.05, 3.63) is 53.6 Å². The first-order valence-corrected chi connectivity index (χ1v) is 6.96. The highest BCUT2D eigenvalue weighted by Gasteiger charge is 2.18. The summed E-state index contributed by atoms with van der Waals surface area (Å²) in [5.74, 6) is 0. The molecular weight excluding hydrogens is 244 g/mol. The first kappa shape index (κ1) is 11.5. The van der Waals surface area contributed by atoms with E-state index >= 15 is 0 Å². The van der Waals surface area contributed by atoms with Gasteiger partial charge in [-0.15, -0.1) is 0 Å². The summed E-state index contributed by atoms with van der Waals surface area (Å²) >= 11 is 0. The summed E-state index contributed by atoms with van der Waals surface area (Å²) in [4.78, 5) is 3.56. The van der Waals surface area contributed by atoms with Crippen LogP contribution in [0.5, 0.6) is 0 Å². The van der Waals surface area contributed by atoms with Crippen molar-refractivity contribution in [3.8, 4) is 0 Å². The fraction of sp³-hybridized carbons (Fsp3) is 0.167. The number of hydrogen-bond acceptors (Lipinski definition) is 0. The van der Waals surface area contributed by atoms with Gasteiger partial charge in [0.2, 0.25) is 0 Å². The number of fused-ring (bicyclic) bond motifs is 4. The van der Waals surface area contributed by atoms with Crippen LogP contribution < -0.4 is 4.57 Å². The Balaban J connectivity index is 2.36. The zero-order valence-electron chi connectivity index (χ0n) is 12.0. The standard InChI is InChI=1S/C18H16N2/c1-11-8-9-16-14(10-11)12(2)17-13-6-4-5-7-15(13)19-18(17)20(16)3/h4-10H,1-3H3/p+1. The molecule has 0 aliphatic heterocycles. The maximum absolute atomic E-state index is 3.56. The Morgan fingerprint density at radius 3 is 2.60 bits per heavy atom. The van der Waals surface area contributed by atoms with E-state index in [0.29, 0.717) is 0 Å². The highest BCUT2D eigenvalue weighted by atomic mass is 15.0. The molecule has 2 aromatic heterocycles. The van der Waals surface area contributed by atoms with Crippen LogP contribution in [-0.2, 0) is 7.05 Å². The minimum Gasteiger partial charge on any atom is -0.240 e. The molecule has 0 spiro atoms. The third kappa shape index (κ3) is 1.36. The van der Waals surface area contributed by atoms with Crippen molar-refractivity contribution in [2.24, 2.45) is 7.05 Å². The molecule has 0 atom stereocenters. The van der Waals surface area contributed by atoms with Crippen molar-refractivity contribution in [2.75, 3.05) is 0 Å². The van der Waals surface area contributed by atoms with Gasteiger partial charge in [-0.1, -0.05) is 23.8 Å². The Labute approximate surface area is 117 Å². The number of aromatic nitrogens is 2. The molecule has 20 heavy (non-hydrogen) atoms. The van der Waals surface area contributed by atoms with Gasteiger partial charge in [-0.3, -0.25) is 0 Å². The van der Waals surface area contributed by atoms with Crippen molar-refractivity contribution in [3.63, 3.8) is 0 Å². The molecule has 2 heteroatoms. The Bertz CT molecular complexity index is 977. The minimum atomic E-state index is 1.19. The van der Waals surface area contributed by atoms with E-state index < -0.39 is 0 Å². The Morgan fingerprint density at radius 1 is 0.950 bits per heavy atom. The van der Waals surface area contributed by atoms with Crippen LogP contribution in [0.15, 0.2) is 42.5 Å². The first-order chi connectivity index (χ1) is 9.66. The lowest BCUT2D eigenvalue weighted by Crippen LogP contribution is -2.30. The van der Waals surface area contributed by atoms with Crippen LogP contribution in [0.3, 0.4) is 0 Å². The van der Waals surface area contributed by atoms with Crippen LogP contribution in [0.4, 0.5) is 0 Å². The van der Waals surface area contributed by atoms with Crippen LogP contribution >= 0.6 is 0 Å². The van der Waals surface area contributed by atoms with Gasteiger partial charge in [-0.05, 0) is 43.7 Å². The summed E-state index contributed by atoms with van der Waals surface area (Å²) in [6, 6.07) is 15.2. The number of aromatic amines is 1. The molecule has 4 rings (SSSR count). The van der Waals surface area contributed by atoms with Gasteiger partial charge in [0.15, 0.2) is 0 Å². The maximum atomic E-state index is 3.56. The molecule has 0 radical (unpaired) electrons. The molecule has 0 saturated carbocycles. The van der Waals surface area contributed by atoms with E-state index in [9.17, 15) is 0 Å². The highest BCUT2D eigenvalue weighted by molar-refractivity contribution is 6.10. The first-order valence-electron chi connectivity index (χ1n) is 6.96. The van der Waals surface area contributed by atoms with Gasteiger partial charge in [0, 0.05) is 10.8 Å². The smallest absolute Gasteiger partial charge is 0.240 e. The van der Waals surface area contributed by atoms with E-state index in [-0.39, 0.29) is 0 Å². The van der Waals surface area contributed by atoms with Crippen LogP contribution in [0.2, 0.25) is 0 Å². The third-order valence-corrected chi connectivity index (χ3v) is 4.31. The largest absolute Gasteiger partial charge is 0.288 e. The SMILES string of the molecule is Cc1ccc2c(c1)c(C)c1c3ccccc3[nH]c1[n+]2C. The Hall–Kier alpha value is -2.35. The van der Waals surface area contributed by atoms with E-state index in [0.717, 1.165) is 0 Å². The zero-order valence-corrected chi connectivity index (χ0v) is 12.0. The number of rotatable bonds is 0. The summed E-state index contributed by atoms with van der Waals surface area (Å²) in [6.07, 6.45) is 0. The van der Waals surface area contributed by atoms with Gasteiger partial charge in [0.25, 0.3) is 5.65 Å². The lowest BCUT2D eigenvalue weighted by molar-refractivity contribution is -0.619. The topological polar surface area (TPSA) is 19.7 Å². The monoisotopic (exact) mass is 261 g/mol. The quantitative estimate of drug-likeness (QED) is 0.463. The molecule has 0 saturated heterocycles. The fourth-order valence-corrected chi connectivity index (χ4v) is 3.26. The molecule has 98 valence electrons. The lowest BCUT2D eigenvalue weighted by atomic mass is 10.0. The summed E-state index contributed by atoms with van der Waals surface area (Å²) in [5, 5.41) is 3.98. The lowest BCUT2D eigenvalue weighted by Gasteiger charge is -2.06. The van der Waals surface area contributed by atoms with Crippen molar-refractivity contribution in [1.29, 1.82) is 0 Å². The normalized spacial score (nSPS) is 11.8. The molecule has 0 aliphatic rings. The molecule has 0 unspecified atom stereocenters. The number of aryl methyl sites for hydroxylation is 3. The van der Waals surface area contributed by atoms with E-state index in [1.165, 1.54) is 44.0 Å². The fourth-order valence-electron chi connectivity index (χ4n) is 3.26. The molecule has 4 aromatic rings. The van der Waals surface area contributed by atoms with Gasteiger partial charge in [-0.25, -0.2) is 9.55 Å². The van der Waals surface area contributed by atoms with Gasteiger partial charge in [0.05, 0.1) is 12.4 Å². The molecule has 2 aromatic carbocycles. The predicted molar refractivity (Wildman–Crippen MR) is 84.0 cm³/mol. The van der Waals surface area contributed by atoms with Crippen LogP contribution in [-0.4, -0.2) is 4.98 Å². The van der Waals surface area contributed by atoms with Gasteiger partial charge in [-0.2, -0.15) is 0 Å². The average molecular weight is 261 g/mol. The van der Waals surface area contributed by atoms with Crippen LogP contribution in [0.25, 0.3) is 32.8 Å². The molecule has 0 fully saturated rings. The summed E-state index contributed by atoms with van der Waals surface area (Å²) < 4.78 is 2.26. The number of benzene rings is 2.